The Bertz CT molecular complexity index is 616. The van der Waals surface area contributed by atoms with E-state index in [9.17, 15) is 0 Å². The fraction of sp³-hybridized carbons (Fsp3) is 0.842. The van der Waals surface area contributed by atoms with E-state index in [0.29, 0.717) is 0 Å². The number of hydrogen-bond acceptors (Lipinski definition) is 0. The summed E-state index contributed by atoms with van der Waals surface area (Å²) in [5.74, 6) is 0. The van der Waals surface area contributed by atoms with Gasteiger partial charge in [0.2, 0.25) is 0 Å². The van der Waals surface area contributed by atoms with Gasteiger partial charge in [0, 0.05) is 11.1 Å². The molecule has 0 unspecified atom stereocenters. The first kappa shape index (κ1) is 37.2. The van der Waals surface area contributed by atoms with E-state index < -0.39 is 0 Å². The Labute approximate surface area is 253 Å². The molecule has 0 atom stereocenters. The van der Waals surface area contributed by atoms with Gasteiger partial charge in [0.15, 0.2) is 0 Å². The molecule has 1 rings (SSSR count). The van der Waals surface area contributed by atoms with Crippen LogP contribution in [0.1, 0.15) is 166 Å². The van der Waals surface area contributed by atoms with Gasteiger partial charge in [-0.15, -0.1) is 0 Å². The van der Waals surface area contributed by atoms with Crippen LogP contribution in [0.3, 0.4) is 0 Å². The molecule has 1 aromatic carbocycles. The quantitative estimate of drug-likeness (QED) is 0.0708. The first-order chi connectivity index (χ1) is 19.3. The lowest BCUT2D eigenvalue weighted by molar-refractivity contribution is -0.904. The van der Waals surface area contributed by atoms with Crippen molar-refractivity contribution >= 4 is 0 Å². The normalized spacial score (nSPS) is 12.3. The lowest BCUT2D eigenvalue weighted by Gasteiger charge is -2.31. The third-order valence-corrected chi connectivity index (χ3v) is 8.98. The summed E-state index contributed by atoms with van der Waals surface area (Å²) < 4.78 is 2.22. The van der Waals surface area contributed by atoms with E-state index >= 15 is 0 Å². The number of quaternary nitrogens is 2. The van der Waals surface area contributed by atoms with Gasteiger partial charge in [0.05, 0.1) is 41.3 Å². The standard InChI is InChI=1S/C38H74N2/c1-7-9-11-13-15-17-19-21-23-25-27-33-39(3,4)35-37-29-31-38(32-30-37)36-40(5,6)34-28-26-24-22-20-18-16-14-12-10-8-2/h29-32H,7-28,33-36H2,1-6H3/q+2. The van der Waals surface area contributed by atoms with Crippen LogP contribution < -0.4 is 0 Å². The second-order valence-corrected chi connectivity index (χ2v) is 14.5. The zero-order chi connectivity index (χ0) is 29.4. The van der Waals surface area contributed by atoms with Crippen molar-refractivity contribution in [2.75, 3.05) is 41.3 Å². The Morgan fingerprint density at radius 3 is 0.825 bits per heavy atom. The van der Waals surface area contributed by atoms with Crippen LogP contribution in [0.15, 0.2) is 24.3 Å². The molecular weight excluding hydrogens is 484 g/mol. The van der Waals surface area contributed by atoms with Crippen LogP contribution in [0, 0.1) is 0 Å². The Hall–Kier alpha value is -0.860. The molecule has 0 saturated carbocycles. The summed E-state index contributed by atoms with van der Waals surface area (Å²) in [4.78, 5) is 0. The van der Waals surface area contributed by atoms with E-state index in [-0.39, 0.29) is 0 Å². The predicted octanol–water partition coefficient (Wildman–Crippen LogP) is 11.5. The van der Waals surface area contributed by atoms with Crippen molar-refractivity contribution in [3.05, 3.63) is 35.4 Å². The lowest BCUT2D eigenvalue weighted by Crippen LogP contribution is -2.40. The molecular formula is C38H74N2+2. The molecule has 0 saturated heterocycles. The van der Waals surface area contributed by atoms with Gasteiger partial charge in [-0.3, -0.25) is 0 Å². The fourth-order valence-corrected chi connectivity index (χ4v) is 6.30. The summed E-state index contributed by atoms with van der Waals surface area (Å²) in [6.07, 6.45) is 31.4. The van der Waals surface area contributed by atoms with Crippen LogP contribution in [0.5, 0.6) is 0 Å². The molecule has 0 aliphatic rings. The number of nitrogens with zero attached hydrogens (tertiary/aromatic N) is 2. The van der Waals surface area contributed by atoms with E-state index in [1.165, 1.54) is 165 Å². The molecule has 0 aliphatic carbocycles. The molecule has 0 heterocycles. The van der Waals surface area contributed by atoms with Crippen LogP contribution in [-0.4, -0.2) is 50.2 Å². The van der Waals surface area contributed by atoms with Crippen molar-refractivity contribution in [3.8, 4) is 0 Å². The van der Waals surface area contributed by atoms with Crippen molar-refractivity contribution in [2.24, 2.45) is 0 Å². The monoisotopic (exact) mass is 559 g/mol. The first-order valence-corrected chi connectivity index (χ1v) is 18.0. The highest BCUT2D eigenvalue weighted by Gasteiger charge is 2.18. The van der Waals surface area contributed by atoms with Crippen LogP contribution in [0.25, 0.3) is 0 Å². The van der Waals surface area contributed by atoms with Gasteiger partial charge in [-0.2, -0.15) is 0 Å². The summed E-state index contributed by atoms with van der Waals surface area (Å²) in [5, 5.41) is 0. The maximum atomic E-state index is 2.41. The predicted molar refractivity (Wildman–Crippen MR) is 181 cm³/mol. The summed E-state index contributed by atoms with van der Waals surface area (Å²) >= 11 is 0. The van der Waals surface area contributed by atoms with Crippen LogP contribution in [0.2, 0.25) is 0 Å². The fourth-order valence-electron chi connectivity index (χ4n) is 6.30. The van der Waals surface area contributed by atoms with Crippen molar-refractivity contribution in [3.63, 3.8) is 0 Å². The maximum Gasteiger partial charge on any atom is 0.104 e. The highest BCUT2D eigenvalue weighted by molar-refractivity contribution is 5.21. The SMILES string of the molecule is CCCCCCCCCCCCC[N+](C)(C)Cc1ccc(C[N+](C)(C)CCCCCCCCCCCCC)cc1. The minimum absolute atomic E-state index is 1.11. The molecule has 0 aliphatic heterocycles. The zero-order valence-electron chi connectivity index (χ0n) is 28.6. The second kappa shape index (κ2) is 23.7. The lowest BCUT2D eigenvalue weighted by atomic mass is 10.1. The molecule has 2 heteroatoms. The Balaban J connectivity index is 2.15. The van der Waals surface area contributed by atoms with Crippen molar-refractivity contribution in [1.29, 1.82) is 0 Å². The Morgan fingerprint density at radius 2 is 0.575 bits per heavy atom. The molecule has 1 aromatic rings. The van der Waals surface area contributed by atoms with Crippen molar-refractivity contribution < 1.29 is 8.97 Å². The summed E-state index contributed by atoms with van der Waals surface area (Å²) in [6.45, 7) is 9.49. The largest absolute Gasteiger partial charge is 0.325 e. The van der Waals surface area contributed by atoms with Crippen molar-refractivity contribution in [1.82, 2.24) is 0 Å². The minimum atomic E-state index is 1.11. The third kappa shape index (κ3) is 21.8. The van der Waals surface area contributed by atoms with Gasteiger partial charge in [0.1, 0.15) is 13.1 Å². The average molecular weight is 559 g/mol. The molecule has 0 fully saturated rings. The van der Waals surface area contributed by atoms with Crippen LogP contribution >= 0.6 is 0 Å². The number of hydrogen-bond donors (Lipinski definition) is 0. The molecule has 0 N–H and O–H groups in total. The molecule has 2 nitrogen and oxygen atoms in total. The molecule has 0 radical (unpaired) electrons. The molecule has 234 valence electrons. The number of benzene rings is 1. The summed E-state index contributed by atoms with van der Waals surface area (Å²) in [7, 11) is 9.66. The van der Waals surface area contributed by atoms with Gasteiger partial charge < -0.3 is 8.97 Å². The Morgan fingerprint density at radius 1 is 0.350 bits per heavy atom. The Kier molecular flexibility index (Phi) is 22.0. The van der Waals surface area contributed by atoms with Gasteiger partial charge in [-0.25, -0.2) is 0 Å². The summed E-state index contributed by atoms with van der Waals surface area (Å²) in [6, 6.07) is 9.60. The van der Waals surface area contributed by atoms with Gasteiger partial charge >= 0.3 is 0 Å². The van der Waals surface area contributed by atoms with E-state index in [2.05, 4.69) is 66.3 Å². The van der Waals surface area contributed by atoms with Crippen LogP contribution in [0.4, 0.5) is 0 Å². The molecule has 40 heavy (non-hydrogen) atoms. The smallest absolute Gasteiger partial charge is 0.104 e. The zero-order valence-corrected chi connectivity index (χ0v) is 28.6. The van der Waals surface area contributed by atoms with E-state index in [1.54, 1.807) is 0 Å². The number of unbranched alkanes of at least 4 members (excludes halogenated alkanes) is 20. The van der Waals surface area contributed by atoms with Crippen molar-refractivity contribution in [2.45, 2.75) is 168 Å². The van der Waals surface area contributed by atoms with E-state index in [4.69, 9.17) is 0 Å². The number of rotatable bonds is 28. The second-order valence-electron chi connectivity index (χ2n) is 14.5. The molecule has 0 spiro atoms. The van der Waals surface area contributed by atoms with E-state index in [0.717, 1.165) is 22.1 Å². The summed E-state index contributed by atoms with van der Waals surface area (Å²) in [5.41, 5.74) is 2.99. The average Bonchev–Trinajstić information content (AvgIpc) is 2.91. The van der Waals surface area contributed by atoms with Crippen LogP contribution in [-0.2, 0) is 13.1 Å². The van der Waals surface area contributed by atoms with Gasteiger partial charge in [-0.1, -0.05) is 154 Å². The van der Waals surface area contributed by atoms with Gasteiger partial charge in [-0.05, 0) is 25.7 Å². The minimum Gasteiger partial charge on any atom is -0.325 e. The highest BCUT2D eigenvalue weighted by Crippen LogP contribution is 2.18. The molecule has 0 aromatic heterocycles. The molecule has 0 amide bonds. The molecule has 0 bridgehead atoms. The first-order valence-electron chi connectivity index (χ1n) is 18.0. The van der Waals surface area contributed by atoms with E-state index in [1.807, 2.05) is 0 Å². The maximum absolute atomic E-state index is 2.41. The third-order valence-electron chi connectivity index (χ3n) is 8.98. The highest BCUT2D eigenvalue weighted by atomic mass is 15.3. The topological polar surface area (TPSA) is 0 Å². The van der Waals surface area contributed by atoms with Gasteiger partial charge in [0.25, 0.3) is 0 Å².